The number of hydrogen-bond donors (Lipinski definition) is 0. The zero-order valence-electron chi connectivity index (χ0n) is 18.1. The Kier molecular flexibility index (Phi) is 4.29. The first-order valence-corrected chi connectivity index (χ1v) is 11.8. The summed E-state index contributed by atoms with van der Waals surface area (Å²) in [6, 6.07) is 2.52. The third-order valence-electron chi connectivity index (χ3n) is 7.60. The molecule has 0 aromatic carbocycles. The van der Waals surface area contributed by atoms with Crippen molar-refractivity contribution < 1.29 is 9.59 Å². The fourth-order valence-electron chi connectivity index (χ4n) is 5.56. The normalized spacial score (nSPS) is 27.7. The van der Waals surface area contributed by atoms with E-state index in [1.54, 1.807) is 4.90 Å². The summed E-state index contributed by atoms with van der Waals surface area (Å²) in [5, 5.41) is 0.330. The van der Waals surface area contributed by atoms with Crippen molar-refractivity contribution in [1.29, 1.82) is 0 Å². The van der Waals surface area contributed by atoms with Crippen LogP contribution >= 0.6 is 11.6 Å². The fraction of sp³-hybridized carbons (Fsp3) is 0.609. The molecule has 4 aliphatic rings. The molecular formula is C23H28ClN5O2. The van der Waals surface area contributed by atoms with Crippen LogP contribution in [0, 0.1) is 11.8 Å². The van der Waals surface area contributed by atoms with Gasteiger partial charge in [0.2, 0.25) is 5.91 Å². The quantitative estimate of drug-likeness (QED) is 0.731. The Morgan fingerprint density at radius 3 is 2.55 bits per heavy atom. The minimum Gasteiger partial charge on any atom is -0.375 e. The van der Waals surface area contributed by atoms with Crippen LogP contribution in [0.2, 0.25) is 5.15 Å². The lowest BCUT2D eigenvalue weighted by atomic mass is 10.1. The zero-order chi connectivity index (χ0) is 21.4. The molecule has 0 spiro atoms. The van der Waals surface area contributed by atoms with Crippen LogP contribution in [0.4, 0.5) is 5.69 Å². The van der Waals surface area contributed by atoms with E-state index in [0.29, 0.717) is 35.8 Å². The van der Waals surface area contributed by atoms with E-state index < -0.39 is 0 Å². The molecule has 2 amide bonds. The highest BCUT2D eigenvalue weighted by atomic mass is 35.5. The van der Waals surface area contributed by atoms with Crippen molar-refractivity contribution >= 4 is 34.7 Å². The minimum absolute atomic E-state index is 0.0517. The van der Waals surface area contributed by atoms with Crippen LogP contribution in [0.15, 0.2) is 12.3 Å². The summed E-state index contributed by atoms with van der Waals surface area (Å²) in [5.74, 6) is 2.03. The molecule has 2 unspecified atom stereocenters. The fourth-order valence-corrected chi connectivity index (χ4v) is 5.81. The number of amides is 2. The van der Waals surface area contributed by atoms with E-state index in [2.05, 4.69) is 11.1 Å². The summed E-state index contributed by atoms with van der Waals surface area (Å²) in [6.45, 7) is 1.26. The molecule has 2 aromatic heterocycles. The Hall–Kier alpha value is -2.28. The number of nitrogens with zero attached hydrogens (tertiary/aromatic N) is 5. The molecule has 164 valence electrons. The molecule has 0 bridgehead atoms. The number of anilines is 1. The van der Waals surface area contributed by atoms with Crippen molar-refractivity contribution in [2.45, 2.75) is 44.1 Å². The summed E-state index contributed by atoms with van der Waals surface area (Å²) in [7, 11) is 3.95. The number of halogens is 1. The Morgan fingerprint density at radius 2 is 1.90 bits per heavy atom. The van der Waals surface area contributed by atoms with Crippen LogP contribution in [0.1, 0.15) is 54.1 Å². The molecule has 31 heavy (non-hydrogen) atoms. The zero-order valence-corrected chi connectivity index (χ0v) is 18.8. The lowest BCUT2D eigenvalue weighted by molar-refractivity contribution is -0.137. The van der Waals surface area contributed by atoms with Crippen LogP contribution in [-0.2, 0) is 4.79 Å². The van der Waals surface area contributed by atoms with E-state index in [9.17, 15) is 9.59 Å². The second-order valence-electron chi connectivity index (χ2n) is 9.97. The molecule has 3 saturated carbocycles. The molecular weight excluding hydrogens is 414 g/mol. The Bertz CT molecular complexity index is 1080. The molecule has 1 saturated heterocycles. The van der Waals surface area contributed by atoms with Gasteiger partial charge in [0.25, 0.3) is 5.91 Å². The number of carbonyl (C=O) groups is 2. The summed E-state index contributed by atoms with van der Waals surface area (Å²) < 4.78 is 1.83. The van der Waals surface area contributed by atoms with Crippen molar-refractivity contribution in [1.82, 2.24) is 19.2 Å². The maximum atomic E-state index is 13.3. The lowest BCUT2D eigenvalue weighted by Crippen LogP contribution is -2.55. The first kappa shape index (κ1) is 19.4. The third kappa shape index (κ3) is 3.20. The second-order valence-corrected chi connectivity index (χ2v) is 10.3. The van der Waals surface area contributed by atoms with Crippen LogP contribution < -0.4 is 4.90 Å². The van der Waals surface area contributed by atoms with Gasteiger partial charge in [0.05, 0.1) is 5.69 Å². The van der Waals surface area contributed by atoms with Gasteiger partial charge in [-0.25, -0.2) is 4.98 Å². The molecule has 3 heterocycles. The summed E-state index contributed by atoms with van der Waals surface area (Å²) in [4.78, 5) is 36.4. The molecule has 2 aromatic rings. The van der Waals surface area contributed by atoms with E-state index in [-0.39, 0.29) is 24.1 Å². The first-order valence-electron chi connectivity index (χ1n) is 11.4. The van der Waals surface area contributed by atoms with E-state index in [1.165, 1.54) is 24.8 Å². The summed E-state index contributed by atoms with van der Waals surface area (Å²) in [5.41, 5.74) is 3.10. The van der Waals surface area contributed by atoms with Crippen LogP contribution in [0.5, 0.6) is 0 Å². The summed E-state index contributed by atoms with van der Waals surface area (Å²) >= 11 is 6.67. The van der Waals surface area contributed by atoms with E-state index >= 15 is 0 Å². The maximum Gasteiger partial charge on any atom is 0.276 e. The molecule has 6 rings (SSSR count). The van der Waals surface area contributed by atoms with Crippen molar-refractivity contribution in [2.24, 2.45) is 11.8 Å². The van der Waals surface area contributed by atoms with Gasteiger partial charge in [0, 0.05) is 39.4 Å². The van der Waals surface area contributed by atoms with Crippen molar-refractivity contribution in [3.63, 3.8) is 0 Å². The number of aromatic nitrogens is 2. The van der Waals surface area contributed by atoms with Gasteiger partial charge in [-0.05, 0) is 61.5 Å². The highest BCUT2D eigenvalue weighted by molar-refractivity contribution is 6.33. The van der Waals surface area contributed by atoms with Gasteiger partial charge >= 0.3 is 0 Å². The molecule has 0 N–H and O–H groups in total. The molecule has 0 radical (unpaired) electrons. The highest BCUT2D eigenvalue weighted by Gasteiger charge is 2.49. The van der Waals surface area contributed by atoms with Crippen LogP contribution in [0.25, 0.3) is 5.65 Å². The number of rotatable bonds is 4. The van der Waals surface area contributed by atoms with Crippen molar-refractivity contribution in [2.75, 3.05) is 38.6 Å². The van der Waals surface area contributed by atoms with Gasteiger partial charge < -0.3 is 14.7 Å². The SMILES string of the molecule is CN(C)c1cc(C2CC2)cn2c(Cl)c(C(=O)N3CCN(C4CC5CC5C4)C(=O)C3)nc12. The first-order chi connectivity index (χ1) is 14.9. The van der Waals surface area contributed by atoms with Gasteiger partial charge in [0.15, 0.2) is 11.3 Å². The van der Waals surface area contributed by atoms with Gasteiger partial charge in [0.1, 0.15) is 11.7 Å². The molecule has 1 aliphatic heterocycles. The number of imidazole rings is 1. The van der Waals surface area contributed by atoms with Crippen LogP contribution in [0.3, 0.4) is 0 Å². The summed E-state index contributed by atoms with van der Waals surface area (Å²) in [6.07, 6.45) is 8.00. The standard InChI is InChI=1S/C23H28ClN5O2/c1-26(2)18-10-16(13-3-4-13)11-29-21(24)20(25-22(18)29)23(31)27-5-6-28(19(30)12-27)17-8-14-7-15(14)9-17/h10-11,13-15,17H,3-9,12H2,1-2H3. The average Bonchev–Trinajstić information content (AvgIpc) is 3.67. The largest absolute Gasteiger partial charge is 0.375 e. The molecule has 8 heteroatoms. The molecule has 4 fully saturated rings. The Balaban J connectivity index is 1.26. The van der Waals surface area contributed by atoms with Crippen LogP contribution in [-0.4, -0.2) is 70.8 Å². The van der Waals surface area contributed by atoms with Crippen molar-refractivity contribution in [3.8, 4) is 0 Å². The highest BCUT2D eigenvalue weighted by Crippen LogP contribution is 2.53. The number of carbonyl (C=O) groups excluding carboxylic acids is 2. The Labute approximate surface area is 186 Å². The smallest absolute Gasteiger partial charge is 0.276 e. The lowest BCUT2D eigenvalue weighted by Gasteiger charge is -2.38. The topological polar surface area (TPSA) is 61.2 Å². The number of fused-ring (bicyclic) bond motifs is 2. The van der Waals surface area contributed by atoms with E-state index in [0.717, 1.165) is 30.4 Å². The molecule has 7 nitrogen and oxygen atoms in total. The van der Waals surface area contributed by atoms with E-state index in [1.807, 2.05) is 34.5 Å². The van der Waals surface area contributed by atoms with Gasteiger partial charge in [-0.2, -0.15) is 0 Å². The number of hydrogen-bond acceptors (Lipinski definition) is 4. The third-order valence-corrected chi connectivity index (χ3v) is 7.96. The van der Waals surface area contributed by atoms with Gasteiger partial charge in [-0.3, -0.25) is 14.0 Å². The predicted octanol–water partition coefficient (Wildman–Crippen LogP) is 3.01. The predicted molar refractivity (Wildman–Crippen MR) is 119 cm³/mol. The van der Waals surface area contributed by atoms with E-state index in [4.69, 9.17) is 11.6 Å². The minimum atomic E-state index is -0.256. The number of pyridine rings is 1. The second kappa shape index (κ2) is 6.86. The maximum absolute atomic E-state index is 13.3. The van der Waals surface area contributed by atoms with Crippen molar-refractivity contribution in [3.05, 3.63) is 28.7 Å². The molecule has 2 atom stereocenters. The Morgan fingerprint density at radius 1 is 1.16 bits per heavy atom. The van der Waals surface area contributed by atoms with Gasteiger partial charge in [-0.1, -0.05) is 11.6 Å². The average molecular weight is 442 g/mol. The number of piperazine rings is 1. The monoisotopic (exact) mass is 441 g/mol. The van der Waals surface area contributed by atoms with Gasteiger partial charge in [-0.15, -0.1) is 0 Å². The molecule has 3 aliphatic carbocycles.